The summed E-state index contributed by atoms with van der Waals surface area (Å²) in [4.78, 5) is 24.0. The van der Waals surface area contributed by atoms with Gasteiger partial charge in [-0.05, 0) is 6.42 Å². The molecule has 0 saturated heterocycles. The highest BCUT2D eigenvalue weighted by Crippen LogP contribution is 2.17. The predicted molar refractivity (Wildman–Crippen MR) is 48.4 cm³/mol. The monoisotopic (exact) mass is 201 g/mol. The zero-order valence-electron chi connectivity index (χ0n) is 6.93. The lowest BCUT2D eigenvalue weighted by molar-refractivity contribution is 0.0696. The van der Waals surface area contributed by atoms with E-state index in [1.807, 2.05) is 0 Å². The first-order valence-corrected chi connectivity index (χ1v) is 4.09. The van der Waals surface area contributed by atoms with Gasteiger partial charge in [0.15, 0.2) is 0 Å². The second-order valence-electron chi connectivity index (χ2n) is 2.50. The van der Waals surface area contributed by atoms with E-state index in [4.69, 9.17) is 16.7 Å². The molecule has 0 aliphatic carbocycles. The van der Waals surface area contributed by atoms with Gasteiger partial charge in [0, 0.05) is 11.8 Å². The number of H-pyrrole nitrogens is 1. The molecule has 0 aliphatic heterocycles. The highest BCUT2D eigenvalue weighted by atomic mass is 35.5. The average molecular weight is 202 g/mol. The van der Waals surface area contributed by atoms with Gasteiger partial charge in [0.05, 0.1) is 10.6 Å². The van der Waals surface area contributed by atoms with E-state index < -0.39 is 11.5 Å². The topological polar surface area (TPSA) is 70.2 Å². The van der Waals surface area contributed by atoms with E-state index in [9.17, 15) is 9.59 Å². The van der Waals surface area contributed by atoms with E-state index in [-0.39, 0.29) is 10.6 Å². The quantitative estimate of drug-likeness (QED) is 0.758. The van der Waals surface area contributed by atoms with E-state index in [0.717, 1.165) is 6.07 Å². The summed E-state index contributed by atoms with van der Waals surface area (Å²) >= 11 is 5.72. The molecule has 0 radical (unpaired) electrons. The number of pyridine rings is 1. The number of aromatic nitrogens is 1. The van der Waals surface area contributed by atoms with Crippen molar-refractivity contribution in [3.05, 3.63) is 32.7 Å². The highest BCUT2D eigenvalue weighted by Gasteiger charge is 2.12. The Bertz CT molecular complexity index is 397. The molecular weight excluding hydrogens is 194 g/mol. The molecule has 0 bridgehead atoms. The fraction of sp³-hybridized carbons (Fsp3) is 0.250. The Kier molecular flexibility index (Phi) is 2.72. The van der Waals surface area contributed by atoms with Crippen molar-refractivity contribution in [2.45, 2.75) is 13.3 Å². The average Bonchev–Trinajstić information content (AvgIpc) is 2.08. The Labute approximate surface area is 79.2 Å². The maximum absolute atomic E-state index is 10.9. The van der Waals surface area contributed by atoms with E-state index in [1.165, 1.54) is 0 Å². The second kappa shape index (κ2) is 3.62. The number of aromatic amines is 1. The molecular formula is C8H8ClNO3. The summed E-state index contributed by atoms with van der Waals surface area (Å²) in [5, 5.41) is 8.78. The summed E-state index contributed by atoms with van der Waals surface area (Å²) in [6.45, 7) is 1.78. The van der Waals surface area contributed by atoms with Crippen LogP contribution >= 0.6 is 11.6 Å². The zero-order chi connectivity index (χ0) is 10.0. The maximum atomic E-state index is 10.9. The molecule has 5 heteroatoms. The standard InChI is InChI=1S/C8H8ClNO3/c1-2-5-7(9)4(8(12)13)3-6(11)10-5/h3H,2H2,1H3,(H,10,11)(H,12,13). The van der Waals surface area contributed by atoms with Gasteiger partial charge < -0.3 is 10.1 Å². The Morgan fingerprint density at radius 1 is 1.69 bits per heavy atom. The van der Waals surface area contributed by atoms with Crippen molar-refractivity contribution in [2.24, 2.45) is 0 Å². The van der Waals surface area contributed by atoms with Gasteiger partial charge in [-0.1, -0.05) is 18.5 Å². The minimum atomic E-state index is -1.19. The molecule has 0 aliphatic rings. The van der Waals surface area contributed by atoms with Crippen LogP contribution in [0.2, 0.25) is 5.02 Å². The minimum Gasteiger partial charge on any atom is -0.478 e. The van der Waals surface area contributed by atoms with Crippen molar-refractivity contribution in [1.82, 2.24) is 4.98 Å². The normalized spacial score (nSPS) is 10.0. The Morgan fingerprint density at radius 2 is 2.31 bits per heavy atom. The number of halogens is 1. The number of aryl methyl sites for hydroxylation is 1. The number of carboxylic acids is 1. The molecule has 70 valence electrons. The van der Waals surface area contributed by atoms with Gasteiger partial charge in [0.25, 0.3) is 0 Å². The zero-order valence-corrected chi connectivity index (χ0v) is 7.68. The third-order valence-corrected chi connectivity index (χ3v) is 2.07. The molecule has 1 rings (SSSR count). The fourth-order valence-corrected chi connectivity index (χ4v) is 1.31. The van der Waals surface area contributed by atoms with Crippen LogP contribution in [-0.2, 0) is 6.42 Å². The van der Waals surface area contributed by atoms with Gasteiger partial charge in [0.2, 0.25) is 5.56 Å². The van der Waals surface area contributed by atoms with Crippen molar-refractivity contribution in [3.8, 4) is 0 Å². The van der Waals surface area contributed by atoms with Crippen LogP contribution in [0.25, 0.3) is 0 Å². The summed E-state index contributed by atoms with van der Waals surface area (Å²) in [6.07, 6.45) is 0.495. The van der Waals surface area contributed by atoms with Crippen LogP contribution in [0.4, 0.5) is 0 Å². The molecule has 0 atom stereocenters. The van der Waals surface area contributed by atoms with E-state index in [2.05, 4.69) is 4.98 Å². The number of aromatic carboxylic acids is 1. The Hall–Kier alpha value is -1.29. The van der Waals surface area contributed by atoms with Gasteiger partial charge >= 0.3 is 5.97 Å². The summed E-state index contributed by atoms with van der Waals surface area (Å²) in [5.74, 6) is -1.19. The van der Waals surface area contributed by atoms with Crippen molar-refractivity contribution >= 4 is 17.6 Å². The third kappa shape index (κ3) is 1.89. The van der Waals surface area contributed by atoms with Crippen molar-refractivity contribution < 1.29 is 9.90 Å². The SMILES string of the molecule is CCc1[nH]c(=O)cc(C(=O)O)c1Cl. The first kappa shape index (κ1) is 9.80. The first-order valence-electron chi connectivity index (χ1n) is 3.71. The van der Waals surface area contributed by atoms with Gasteiger partial charge in [0.1, 0.15) is 0 Å². The molecule has 1 heterocycles. The minimum absolute atomic E-state index is 0.106. The molecule has 4 nitrogen and oxygen atoms in total. The van der Waals surface area contributed by atoms with Crippen LogP contribution in [0, 0.1) is 0 Å². The van der Waals surface area contributed by atoms with E-state index in [0.29, 0.717) is 12.1 Å². The highest BCUT2D eigenvalue weighted by molar-refractivity contribution is 6.34. The van der Waals surface area contributed by atoms with Crippen LogP contribution in [0.5, 0.6) is 0 Å². The van der Waals surface area contributed by atoms with Crippen molar-refractivity contribution in [2.75, 3.05) is 0 Å². The molecule has 2 N–H and O–H groups in total. The lowest BCUT2D eigenvalue weighted by atomic mass is 10.2. The molecule has 0 spiro atoms. The van der Waals surface area contributed by atoms with Crippen molar-refractivity contribution in [1.29, 1.82) is 0 Å². The smallest absolute Gasteiger partial charge is 0.337 e. The molecule has 0 saturated carbocycles. The number of hydrogen-bond donors (Lipinski definition) is 2. The first-order chi connectivity index (χ1) is 6.06. The lowest BCUT2D eigenvalue weighted by Gasteiger charge is -2.02. The maximum Gasteiger partial charge on any atom is 0.337 e. The van der Waals surface area contributed by atoms with Crippen LogP contribution in [0.3, 0.4) is 0 Å². The van der Waals surface area contributed by atoms with Gasteiger partial charge in [-0.15, -0.1) is 0 Å². The molecule has 0 unspecified atom stereocenters. The molecule has 0 amide bonds. The lowest BCUT2D eigenvalue weighted by Crippen LogP contribution is -2.13. The number of hydrogen-bond acceptors (Lipinski definition) is 2. The number of nitrogens with one attached hydrogen (secondary N) is 1. The molecule has 0 fully saturated rings. The van der Waals surface area contributed by atoms with Crippen LogP contribution in [0.15, 0.2) is 10.9 Å². The summed E-state index contributed by atoms with van der Waals surface area (Å²) in [5.41, 5.74) is -0.146. The van der Waals surface area contributed by atoms with Crippen molar-refractivity contribution in [3.63, 3.8) is 0 Å². The van der Waals surface area contributed by atoms with E-state index in [1.54, 1.807) is 6.92 Å². The van der Waals surface area contributed by atoms with Crippen LogP contribution in [0.1, 0.15) is 23.0 Å². The molecule has 13 heavy (non-hydrogen) atoms. The summed E-state index contributed by atoms with van der Waals surface area (Å²) in [6, 6.07) is 0.976. The van der Waals surface area contributed by atoms with E-state index >= 15 is 0 Å². The molecule has 1 aromatic rings. The van der Waals surface area contributed by atoms with Gasteiger partial charge in [-0.3, -0.25) is 4.79 Å². The fourth-order valence-electron chi connectivity index (χ4n) is 0.996. The number of carboxylic acid groups (broad SMARTS) is 1. The summed E-state index contributed by atoms with van der Waals surface area (Å²) < 4.78 is 0. The van der Waals surface area contributed by atoms with Crippen LogP contribution in [-0.4, -0.2) is 16.1 Å². The van der Waals surface area contributed by atoms with Crippen LogP contribution < -0.4 is 5.56 Å². The summed E-state index contributed by atoms with van der Waals surface area (Å²) in [7, 11) is 0. The number of carbonyl (C=O) groups is 1. The van der Waals surface area contributed by atoms with Gasteiger partial charge in [-0.2, -0.15) is 0 Å². The largest absolute Gasteiger partial charge is 0.478 e. The Morgan fingerprint density at radius 3 is 2.77 bits per heavy atom. The predicted octanol–water partition coefficient (Wildman–Crippen LogP) is 1.29. The Balaban J connectivity index is 3.44. The van der Waals surface area contributed by atoms with Gasteiger partial charge in [-0.25, -0.2) is 4.79 Å². The molecule has 1 aromatic heterocycles. The second-order valence-corrected chi connectivity index (χ2v) is 2.88. The number of rotatable bonds is 2. The molecule has 0 aromatic carbocycles. The third-order valence-electron chi connectivity index (χ3n) is 1.63.